The zero-order valence-electron chi connectivity index (χ0n) is 73.2. The molecule has 0 aromatic carbocycles. The van der Waals surface area contributed by atoms with E-state index in [2.05, 4.69) is 47.3 Å². The third-order valence-electron chi connectivity index (χ3n) is 23.6. The van der Waals surface area contributed by atoms with E-state index in [4.69, 9.17) is 47.4 Å². The summed E-state index contributed by atoms with van der Waals surface area (Å²) < 4.78 is 60.0. The van der Waals surface area contributed by atoms with Crippen molar-refractivity contribution in [3.8, 4) is 0 Å². The van der Waals surface area contributed by atoms with Gasteiger partial charge in [0, 0.05) is 40.0 Å². The van der Waals surface area contributed by atoms with Crippen LogP contribution in [-0.2, 0) is 76.1 Å². The van der Waals surface area contributed by atoms with Gasteiger partial charge < -0.3 is 161 Å². The number of hydrogen-bond donors (Lipinski definition) is 22. The van der Waals surface area contributed by atoms with Crippen LogP contribution in [0, 0.1) is 0 Å². The van der Waals surface area contributed by atoms with Crippen molar-refractivity contribution in [1.82, 2.24) is 21.3 Å². The lowest BCUT2D eigenvalue weighted by Gasteiger charge is -2.52. The summed E-state index contributed by atoms with van der Waals surface area (Å²) in [5, 5.41) is 213. The quantitative estimate of drug-likeness (QED) is 0.0300. The van der Waals surface area contributed by atoms with Gasteiger partial charge in [0.1, 0.15) is 110 Å². The predicted octanol–water partition coefficient (Wildman–Crippen LogP) is 1.20. The van der Waals surface area contributed by atoms with Gasteiger partial charge in [-0.1, -0.05) is 205 Å². The minimum atomic E-state index is -3.59. The van der Waals surface area contributed by atoms with Gasteiger partial charge in [-0.05, 0) is 44.9 Å². The van der Waals surface area contributed by atoms with Gasteiger partial charge in [-0.25, -0.2) is 9.59 Å². The number of unbranched alkanes of at least 4 members (excludes halogenated alkanes) is 30. The molecule has 124 heavy (non-hydrogen) atoms. The molecule has 0 aromatic rings. The number of aliphatic hydroxyl groups excluding tert-OH is 16. The van der Waals surface area contributed by atoms with Crippen LogP contribution in [0.2, 0.25) is 0 Å². The van der Waals surface area contributed by atoms with Gasteiger partial charge >= 0.3 is 11.9 Å². The molecule has 4 amide bonds. The Morgan fingerprint density at radius 1 is 0.435 bits per heavy atom. The van der Waals surface area contributed by atoms with E-state index in [1.807, 2.05) is 0 Å². The highest BCUT2D eigenvalue weighted by molar-refractivity contribution is 5.78. The lowest BCUT2D eigenvalue weighted by Crippen LogP contribution is -2.72. The van der Waals surface area contributed by atoms with Crippen LogP contribution in [0.1, 0.15) is 266 Å². The monoisotopic (exact) mass is 1790 g/mol. The molecule has 22 N–H and O–H groups in total. The predicted molar refractivity (Wildman–Crippen MR) is 444 cm³/mol. The molecule has 0 aromatic heterocycles. The molecule has 2 unspecified atom stereocenters. The molecule has 0 aliphatic carbocycles. The molecule has 0 spiro atoms. The molecule has 5 fully saturated rings. The van der Waals surface area contributed by atoms with Gasteiger partial charge in [0.15, 0.2) is 18.9 Å². The number of carboxylic acid groups (broad SMARTS) is 2. The maximum absolute atomic E-state index is 14.2. The Kier molecular flexibility index (Phi) is 52.1. The number of aliphatic carboxylic acids is 2. The van der Waals surface area contributed by atoms with Crippen molar-refractivity contribution in [2.75, 3.05) is 39.6 Å². The molecule has 0 radical (unpaired) electrons. The number of carbonyl (C=O) groups is 6. The Balaban J connectivity index is 1.37. The summed E-state index contributed by atoms with van der Waals surface area (Å²) in [7, 11) is 0. The molecule has 5 aliphatic heterocycles. The number of carboxylic acids is 2. The number of ether oxygens (including phenoxy) is 10. The standard InChI is InChI=1S/C86H152N4O34/c1-6-8-10-12-14-16-18-20-21-22-23-24-25-26-27-28-29-31-33-35-37-39-41-43-64(103)90-55(56(99)42-40-38-36-34-32-30-19-17-15-13-11-9-7-2)51-115-81-73(109)72(108)75(62(49-94)117-81)119-82-74(110)79(76(63(50-95)118-82)120-80-67(89-54(5)98)71(107)69(105)60(47-92)116-80)124-86(84(113)114)45-58(101)66(88-53(4)97)78(123-86)70(106)61(48-93)121-85(83(111)112)44-57(100)65(87-52(3)96)77(122-85)68(104)59(102)46-91/h20-21,40,42,55-63,65-82,91-95,99-102,104-110H,6-19,22-39,41,43-51H2,1-5H3,(H,87,96)(H,88,97)(H,89,98)(H,90,103)(H,111,112)(H,113,114)/b21-20+,42-40+/t55-,56+,57-,58-,59+,60+,61+,62+,63+,65+,66+,67+,68+,69-,70+,71+,72+,73+,74+,75+,76-,77?,78?,79+,80-,81+,82-,85+,86-/m0/s1. The van der Waals surface area contributed by atoms with Crippen molar-refractivity contribution >= 4 is 35.6 Å². The van der Waals surface area contributed by atoms with Crippen LogP contribution < -0.4 is 21.3 Å². The van der Waals surface area contributed by atoms with Crippen molar-refractivity contribution < 1.29 is 168 Å². The topological polar surface area (TPSA) is 607 Å². The first kappa shape index (κ1) is 110. The molecule has 0 bridgehead atoms. The summed E-state index contributed by atoms with van der Waals surface area (Å²) in [6, 6.07) is -6.83. The first-order chi connectivity index (χ1) is 59.3. The summed E-state index contributed by atoms with van der Waals surface area (Å²) in [4.78, 5) is 79.3. The Morgan fingerprint density at radius 3 is 1.31 bits per heavy atom. The number of nitrogens with one attached hydrogen (secondary N) is 4. The third kappa shape index (κ3) is 35.2. The first-order valence-electron chi connectivity index (χ1n) is 45.4. The van der Waals surface area contributed by atoms with E-state index in [0.717, 1.165) is 91.4 Å². The van der Waals surface area contributed by atoms with Crippen LogP contribution >= 0.6 is 0 Å². The average Bonchev–Trinajstić information content (AvgIpc) is 0.746. The van der Waals surface area contributed by atoms with E-state index in [9.17, 15) is 121 Å². The van der Waals surface area contributed by atoms with E-state index < -0.39 is 265 Å². The number of rotatable bonds is 63. The van der Waals surface area contributed by atoms with E-state index in [1.165, 1.54) is 134 Å². The Morgan fingerprint density at radius 2 is 0.847 bits per heavy atom. The van der Waals surface area contributed by atoms with Crippen LogP contribution in [0.3, 0.4) is 0 Å². The highest BCUT2D eigenvalue weighted by Gasteiger charge is 2.64. The minimum absolute atomic E-state index is 0.110. The fraction of sp³-hybridized carbons (Fsp3) is 0.884. The van der Waals surface area contributed by atoms with Crippen LogP contribution in [0.15, 0.2) is 24.3 Å². The number of aliphatic hydroxyl groups is 16. The number of hydrogen-bond acceptors (Lipinski definition) is 32. The molecular weight excluding hydrogens is 1630 g/mol. The maximum atomic E-state index is 14.2. The zero-order valence-corrected chi connectivity index (χ0v) is 73.2. The van der Waals surface area contributed by atoms with Crippen molar-refractivity contribution in [3.63, 3.8) is 0 Å². The molecular formula is C86H152N4O34. The Bertz CT molecular complexity index is 3060. The maximum Gasteiger partial charge on any atom is 0.364 e. The summed E-state index contributed by atoms with van der Waals surface area (Å²) in [6.07, 6.45) is -7.24. The van der Waals surface area contributed by atoms with Crippen LogP contribution in [-0.4, -0.2) is 344 Å². The minimum Gasteiger partial charge on any atom is -0.477 e. The highest BCUT2D eigenvalue weighted by Crippen LogP contribution is 2.43. The zero-order chi connectivity index (χ0) is 91.5. The van der Waals surface area contributed by atoms with E-state index in [0.29, 0.717) is 12.8 Å². The number of amides is 4. The largest absolute Gasteiger partial charge is 0.477 e. The smallest absolute Gasteiger partial charge is 0.364 e. The van der Waals surface area contributed by atoms with Gasteiger partial charge in [0.2, 0.25) is 23.6 Å². The molecule has 5 rings (SSSR count). The normalized spacial score (nSPS) is 32.0. The van der Waals surface area contributed by atoms with Crippen LogP contribution in [0.25, 0.3) is 0 Å². The molecule has 720 valence electrons. The lowest BCUT2D eigenvalue weighted by molar-refractivity contribution is -0.402. The third-order valence-corrected chi connectivity index (χ3v) is 23.6. The van der Waals surface area contributed by atoms with Crippen LogP contribution in [0.4, 0.5) is 0 Å². The molecule has 5 aliphatic rings. The first-order valence-corrected chi connectivity index (χ1v) is 45.4. The van der Waals surface area contributed by atoms with E-state index in [1.54, 1.807) is 6.08 Å². The summed E-state index contributed by atoms with van der Waals surface area (Å²) >= 11 is 0. The Labute approximate surface area is 728 Å². The molecule has 29 atom stereocenters. The second-order valence-electron chi connectivity index (χ2n) is 33.9. The molecule has 5 saturated heterocycles. The molecule has 38 nitrogen and oxygen atoms in total. The van der Waals surface area contributed by atoms with Crippen LogP contribution in [0.5, 0.6) is 0 Å². The highest BCUT2D eigenvalue weighted by atomic mass is 16.8. The molecule has 5 heterocycles. The SMILES string of the molecule is CCCCCCCC/C=C/CCCCCCCCCCCCCCCC(=O)N[C@@H](CO[C@@H]1O[C@H](CO)[C@@H](O[C@@H]2O[C@H](CO)[C@H](O[C@@H]3O[C@H](CO)[C@H](O)[C@H](O)[C@H]3NC(C)=O)[C@H](O[C@]3(C(=O)O)C[C@H](O)[C@@H](NC(C)=O)C([C@H](O)[C@@H](CO)O[C@]4(C(=O)O)C[C@H](O)[C@@H](NC(C)=O)C([C@H](O)[C@H](O)CO)O4)O3)[C@H]2O)[C@H](O)[C@H]1O)[C@H](O)/C=C/CCCCCCCCCCCCC. The second-order valence-corrected chi connectivity index (χ2v) is 33.9. The summed E-state index contributed by atoms with van der Waals surface area (Å²) in [6.45, 7) is 0.547. The summed E-state index contributed by atoms with van der Waals surface area (Å²) in [5.74, 6) is -14.6. The van der Waals surface area contributed by atoms with Crippen molar-refractivity contribution in [1.29, 1.82) is 0 Å². The Hall–Kier alpha value is -4.74. The second kappa shape index (κ2) is 58.8. The molecule has 0 saturated carbocycles. The van der Waals surface area contributed by atoms with Gasteiger partial charge in [-0.15, -0.1) is 0 Å². The van der Waals surface area contributed by atoms with Gasteiger partial charge in [-0.3, -0.25) is 19.2 Å². The number of allylic oxidation sites excluding steroid dienone is 3. The van der Waals surface area contributed by atoms with E-state index in [-0.39, 0.29) is 6.42 Å². The average molecular weight is 1790 g/mol. The van der Waals surface area contributed by atoms with Gasteiger partial charge in [-0.2, -0.15) is 0 Å². The van der Waals surface area contributed by atoms with Gasteiger partial charge in [0.05, 0.1) is 76.1 Å². The number of carbonyl (C=O) groups excluding carboxylic acids is 4. The fourth-order valence-corrected chi connectivity index (χ4v) is 16.5. The van der Waals surface area contributed by atoms with Crippen molar-refractivity contribution in [2.45, 2.75) is 442 Å². The van der Waals surface area contributed by atoms with E-state index >= 15 is 0 Å². The van der Waals surface area contributed by atoms with Gasteiger partial charge in [0.25, 0.3) is 11.6 Å². The summed E-state index contributed by atoms with van der Waals surface area (Å²) in [5.41, 5.74) is 0. The fourth-order valence-electron chi connectivity index (χ4n) is 16.5. The van der Waals surface area contributed by atoms with Crippen molar-refractivity contribution in [2.24, 2.45) is 0 Å². The van der Waals surface area contributed by atoms with Crippen molar-refractivity contribution in [3.05, 3.63) is 24.3 Å². The molecule has 38 heteroatoms. The lowest BCUT2D eigenvalue weighted by atomic mass is 9.87.